The molecule has 0 radical (unpaired) electrons. The molecule has 0 spiro atoms. The van der Waals surface area contributed by atoms with Gasteiger partial charge < -0.3 is 5.32 Å². The number of hydrogen-bond donors (Lipinski definition) is 1. The molecule has 1 aromatic carbocycles. The number of rotatable bonds is 9. The smallest absolute Gasteiger partial charge is 0.220 e. The molecule has 0 aliphatic heterocycles. The first-order chi connectivity index (χ1) is 10.0. The molecule has 1 amide bonds. The average molecular weight is 291 g/mol. The fourth-order valence-corrected chi connectivity index (χ4v) is 2.12. The predicted molar refractivity (Wildman–Crippen MR) is 88.3 cm³/mol. The van der Waals surface area contributed by atoms with E-state index in [1.54, 1.807) is 0 Å². The van der Waals surface area contributed by atoms with Crippen LogP contribution >= 0.6 is 0 Å². The van der Waals surface area contributed by atoms with Gasteiger partial charge in [0.1, 0.15) is 0 Å². The molecular weight excluding hydrogens is 262 g/mol. The van der Waals surface area contributed by atoms with Crippen LogP contribution in [0.25, 0.3) is 0 Å². The molecule has 21 heavy (non-hydrogen) atoms. The quantitative estimate of drug-likeness (QED) is 0.543. The molecule has 0 fully saturated rings. The van der Waals surface area contributed by atoms with Crippen LogP contribution < -0.4 is 5.32 Å². The van der Waals surface area contributed by atoms with Crippen LogP contribution in [0.5, 0.6) is 0 Å². The Morgan fingerprint density at radius 2 is 1.76 bits per heavy atom. The summed E-state index contributed by atoms with van der Waals surface area (Å²) in [7, 11) is 0. The van der Waals surface area contributed by atoms with E-state index in [1.807, 2.05) is 38.1 Å². The minimum atomic E-state index is 0. The van der Waals surface area contributed by atoms with Crippen molar-refractivity contribution in [3.63, 3.8) is 0 Å². The van der Waals surface area contributed by atoms with Crippen LogP contribution in [0.1, 0.15) is 70.2 Å². The third kappa shape index (κ3) is 6.56. The molecule has 1 aromatic rings. The van der Waals surface area contributed by atoms with Gasteiger partial charge in [-0.2, -0.15) is 0 Å². The molecule has 3 heteroatoms. The Kier molecular flexibility index (Phi) is 7.73. The van der Waals surface area contributed by atoms with Gasteiger partial charge in [-0.1, -0.05) is 64.3 Å². The molecule has 0 heterocycles. The van der Waals surface area contributed by atoms with Gasteiger partial charge in [0.25, 0.3) is 0 Å². The first kappa shape index (κ1) is 17.4. The van der Waals surface area contributed by atoms with Crippen LogP contribution in [-0.2, 0) is 11.3 Å². The summed E-state index contributed by atoms with van der Waals surface area (Å²) in [5, 5.41) is 2.92. The number of Topliss-reactive ketones (excluding diaryl/α,β-unsaturated/α-hetero) is 1. The summed E-state index contributed by atoms with van der Waals surface area (Å²) >= 11 is 0. The predicted octanol–water partition coefficient (Wildman–Crippen LogP) is 4.36. The maximum atomic E-state index is 11.8. The summed E-state index contributed by atoms with van der Waals surface area (Å²) in [4.78, 5) is 23.5. The summed E-state index contributed by atoms with van der Waals surface area (Å²) in [5.74, 6) is 0.272. The molecule has 1 N–H and O–H groups in total. The molecule has 0 saturated carbocycles. The zero-order valence-electron chi connectivity index (χ0n) is 13.4. The molecular formula is C18H29NO2. The lowest BCUT2D eigenvalue weighted by molar-refractivity contribution is -0.121. The lowest BCUT2D eigenvalue weighted by Crippen LogP contribution is -2.22. The number of ketones is 1. The number of carbonyl (C=O) groups excluding carboxylic acids is 2. The normalized spacial score (nSPS) is 10.7. The minimum Gasteiger partial charge on any atom is -0.352 e. The van der Waals surface area contributed by atoms with Gasteiger partial charge in [-0.25, -0.2) is 0 Å². The van der Waals surface area contributed by atoms with E-state index in [9.17, 15) is 9.59 Å². The van der Waals surface area contributed by atoms with Gasteiger partial charge in [-0.3, -0.25) is 9.59 Å². The summed E-state index contributed by atoms with van der Waals surface area (Å²) in [5.41, 5.74) is 1.76. The fourth-order valence-electron chi connectivity index (χ4n) is 2.12. The second-order valence-corrected chi connectivity index (χ2v) is 5.80. The second-order valence-electron chi connectivity index (χ2n) is 5.80. The van der Waals surface area contributed by atoms with Gasteiger partial charge >= 0.3 is 0 Å². The third-order valence-electron chi connectivity index (χ3n) is 3.51. The average Bonchev–Trinajstić information content (AvgIpc) is 2.49. The van der Waals surface area contributed by atoms with E-state index >= 15 is 0 Å². The zero-order valence-corrected chi connectivity index (χ0v) is 13.4. The van der Waals surface area contributed by atoms with Gasteiger partial charge in [0, 0.05) is 25.9 Å². The fraction of sp³-hybridized carbons (Fsp3) is 0.556. The molecule has 3 nitrogen and oxygen atoms in total. The van der Waals surface area contributed by atoms with E-state index in [2.05, 4.69) is 12.2 Å². The van der Waals surface area contributed by atoms with Gasteiger partial charge in [0.05, 0.1) is 0 Å². The van der Waals surface area contributed by atoms with E-state index in [4.69, 9.17) is 0 Å². The number of hydrogen-bond acceptors (Lipinski definition) is 2. The molecule has 0 aliphatic rings. The van der Waals surface area contributed by atoms with Crippen molar-refractivity contribution in [3.05, 3.63) is 35.4 Å². The standard InChI is InChI=1S/C18H27NO2.H2/c1-4-5-6-7-8-17(20)19-13-15-9-11-16(12-10-15)18(21)14(2)3;/h9-12,14H,4-8,13H2,1-3H3,(H,19,20);1H. The van der Waals surface area contributed by atoms with Crippen LogP contribution in [0, 0.1) is 5.92 Å². The molecule has 0 aromatic heterocycles. The van der Waals surface area contributed by atoms with Crippen molar-refractivity contribution in [3.8, 4) is 0 Å². The highest BCUT2D eigenvalue weighted by Crippen LogP contribution is 2.10. The Morgan fingerprint density at radius 3 is 2.33 bits per heavy atom. The highest BCUT2D eigenvalue weighted by molar-refractivity contribution is 5.97. The van der Waals surface area contributed by atoms with Gasteiger partial charge in [-0.15, -0.1) is 0 Å². The summed E-state index contributed by atoms with van der Waals surface area (Å²) in [6.45, 7) is 6.49. The Bertz CT molecular complexity index is 455. The van der Waals surface area contributed by atoms with Gasteiger partial charge in [0.2, 0.25) is 5.91 Å². The molecule has 0 bridgehead atoms. The van der Waals surface area contributed by atoms with E-state index < -0.39 is 0 Å². The first-order valence-corrected chi connectivity index (χ1v) is 7.94. The van der Waals surface area contributed by atoms with Gasteiger partial charge in [-0.05, 0) is 12.0 Å². The zero-order chi connectivity index (χ0) is 15.7. The van der Waals surface area contributed by atoms with E-state index in [0.29, 0.717) is 13.0 Å². The molecule has 0 unspecified atom stereocenters. The number of nitrogens with one attached hydrogen (secondary N) is 1. The third-order valence-corrected chi connectivity index (χ3v) is 3.51. The largest absolute Gasteiger partial charge is 0.352 e. The van der Waals surface area contributed by atoms with Crippen molar-refractivity contribution in [2.45, 2.75) is 59.4 Å². The minimum absolute atomic E-state index is 0. The van der Waals surface area contributed by atoms with Crippen molar-refractivity contribution < 1.29 is 11.0 Å². The lowest BCUT2D eigenvalue weighted by atomic mass is 10.00. The van der Waals surface area contributed by atoms with Gasteiger partial charge in [0.15, 0.2) is 5.78 Å². The Hall–Kier alpha value is -1.64. The number of carbonyl (C=O) groups is 2. The molecule has 0 saturated heterocycles. The number of amides is 1. The van der Waals surface area contributed by atoms with Crippen LogP contribution in [0.15, 0.2) is 24.3 Å². The Balaban J connectivity index is 0.00000441. The Morgan fingerprint density at radius 1 is 1.10 bits per heavy atom. The van der Waals surface area contributed by atoms with E-state index in [-0.39, 0.29) is 19.0 Å². The number of benzene rings is 1. The topological polar surface area (TPSA) is 46.2 Å². The summed E-state index contributed by atoms with van der Waals surface area (Å²) < 4.78 is 0. The molecule has 0 aliphatic carbocycles. The van der Waals surface area contributed by atoms with Crippen LogP contribution in [0.2, 0.25) is 0 Å². The van der Waals surface area contributed by atoms with Crippen molar-refractivity contribution in [1.82, 2.24) is 5.32 Å². The van der Waals surface area contributed by atoms with Crippen molar-refractivity contribution in [2.75, 3.05) is 0 Å². The summed E-state index contributed by atoms with van der Waals surface area (Å²) in [6.07, 6.45) is 5.06. The highest BCUT2D eigenvalue weighted by atomic mass is 16.1. The van der Waals surface area contributed by atoms with Crippen LogP contribution in [0.3, 0.4) is 0 Å². The lowest BCUT2D eigenvalue weighted by Gasteiger charge is -2.07. The molecule has 0 atom stereocenters. The monoisotopic (exact) mass is 291 g/mol. The second kappa shape index (κ2) is 9.32. The van der Waals surface area contributed by atoms with Crippen molar-refractivity contribution in [2.24, 2.45) is 5.92 Å². The van der Waals surface area contributed by atoms with E-state index in [1.165, 1.54) is 12.8 Å². The SMILES string of the molecule is CCCCCCC(=O)NCc1ccc(C(=O)C(C)C)cc1.[HH]. The molecule has 118 valence electrons. The van der Waals surface area contributed by atoms with Crippen molar-refractivity contribution >= 4 is 11.7 Å². The maximum Gasteiger partial charge on any atom is 0.220 e. The van der Waals surface area contributed by atoms with Crippen LogP contribution in [0.4, 0.5) is 0 Å². The first-order valence-electron chi connectivity index (χ1n) is 7.94. The highest BCUT2D eigenvalue weighted by Gasteiger charge is 2.09. The maximum absolute atomic E-state index is 11.8. The number of unbranched alkanes of at least 4 members (excludes halogenated alkanes) is 3. The summed E-state index contributed by atoms with van der Waals surface area (Å²) in [6, 6.07) is 7.50. The molecule has 1 rings (SSSR count). The van der Waals surface area contributed by atoms with Crippen molar-refractivity contribution in [1.29, 1.82) is 0 Å². The Labute approximate surface area is 129 Å². The van der Waals surface area contributed by atoms with E-state index in [0.717, 1.165) is 24.0 Å². The van der Waals surface area contributed by atoms with Crippen LogP contribution in [-0.4, -0.2) is 11.7 Å².